The molecule has 16 rings (SSSR count). The van der Waals surface area contributed by atoms with E-state index in [-0.39, 0.29) is 62.4 Å². The molecule has 6 aromatic rings. The molecule has 8 aliphatic heterocycles. The highest BCUT2D eigenvalue weighted by Gasteiger charge is 2.80. The molecule has 0 radical (unpaired) electrons. The molecule has 2 spiro atoms. The van der Waals surface area contributed by atoms with Crippen LogP contribution in [0.4, 0.5) is 117 Å². The van der Waals surface area contributed by atoms with Crippen molar-refractivity contribution < 1.29 is 173 Å². The lowest BCUT2D eigenvalue weighted by Gasteiger charge is -2.64. The number of alkyl carbamates (subject to hydrolysis) is 2. The fourth-order valence-electron chi connectivity index (χ4n) is 22.9. The zero-order valence-corrected chi connectivity index (χ0v) is 73.8. The normalized spacial score (nSPS) is 26.7. The summed E-state index contributed by atoms with van der Waals surface area (Å²) in [5.41, 5.74) is 2.62. The fourth-order valence-corrected chi connectivity index (χ4v) is 22.9. The third-order valence-corrected chi connectivity index (χ3v) is 27.0. The van der Waals surface area contributed by atoms with Crippen molar-refractivity contribution in [1.82, 2.24) is 30.3 Å². The molecule has 133 heavy (non-hydrogen) atoms. The minimum absolute atomic E-state index is 0. The molecular weight excluding hydrogens is 1820 g/mol. The Labute approximate surface area is 753 Å². The monoisotopic (exact) mass is 1930 g/mol. The maximum absolute atomic E-state index is 15.5. The van der Waals surface area contributed by atoms with Gasteiger partial charge in [0.15, 0.2) is 0 Å². The highest BCUT2D eigenvalue weighted by molar-refractivity contribution is 5.94. The van der Waals surface area contributed by atoms with E-state index in [1.807, 2.05) is 62.6 Å². The average Bonchev–Trinajstić information content (AvgIpc) is 1.49. The standard InChI is InChI=1S/C54H65N5O9.C33H41N3O7.CH4.10F2.FH/c1-8-34-25-36-28-53(49(61)66-7,45-39(19-23-58(29-34)30-36)38-13-10-11-14-42(38)56-45)41-26-40-43(27-44(41)65-6)57(4)47-52(40)21-24-59-22-12-20-51(9-2,46(52)59)48(68-33(3)60)54(47,63)32-55-50(62)67-31-35-15-17-37(64-5)18-16-35;1-6-31-14-7-16-36-17-15-32(27(31)36)25-13-12-24(41-5)18-26(25)35(3)28(32)33(39,29(31)43-21(2)37)20-34-30(38)42-19-22-8-10-23(40-4)11-9-22;;10*1-2;/h10-18,20,25-27,36,46-48,56,63H,8-9,19,21-24,28-32H2,1-7H3,(H,55,62);7-14,18,27-29,39H,6,15-17,19-20H2,1-5H3,(H,34,38);1H4;;;;;;;;;;;1H/t36-,46-,47+,48+,51+,52+,53-,54-;27-,28+,29+,31+,32+,33-;;;;;;;;;;;;/m00............/s1. The number of H-pyrrole nitrogens is 1. The van der Waals surface area contributed by atoms with Crippen LogP contribution in [0, 0.1) is 16.7 Å². The lowest BCUT2D eigenvalue weighted by Crippen LogP contribution is -2.81. The predicted molar refractivity (Wildman–Crippen MR) is 450 cm³/mol. The number of carbonyl (C=O) groups is 5. The van der Waals surface area contributed by atoms with Crippen LogP contribution in [0.3, 0.4) is 0 Å². The SMILES string of the molecule is C.CCC1=C[C@@H]2CN(CCc3c([nH]c4ccccc34)[C@@](C(=O)OC)(c3cc4c(cc3OC)N(C)[C@H]3[C@@](O)(CNC(=O)OCc5ccc(OC)cc5)[C@H](OC(C)=O)[C@]5(CC)C=CCN6CC[C@]43[C@@H]65)C2)C1.CC[C@]12C=CCN3CC[C@@]4(c5ccc(OC)cc5N(C)[C@H]4[C@@](O)(CNC(=O)OCc4ccc(OC)cc4)[C@@H]1OC(C)=O)[C@@H]32.F.FF.FF.FF.FF.FF.FF.FF.FF.FF.FF. The number of aromatic nitrogens is 1. The van der Waals surface area contributed by atoms with Gasteiger partial charge in [0.05, 0.1) is 60.7 Å². The Morgan fingerprint density at radius 3 is 1.38 bits per heavy atom. The number of nitrogens with one attached hydrogen (secondary N) is 3. The molecule has 2 bridgehead atoms. The van der Waals surface area contributed by atoms with E-state index >= 15 is 4.79 Å². The first kappa shape index (κ1) is 116. The van der Waals surface area contributed by atoms with E-state index in [2.05, 4.69) is 122 Å². The molecule has 2 amide bonds. The van der Waals surface area contributed by atoms with Gasteiger partial charge in [-0.2, -0.15) is 0 Å². The lowest BCUT2D eigenvalue weighted by atomic mass is 9.47. The van der Waals surface area contributed by atoms with Crippen LogP contribution in [0.2, 0.25) is 0 Å². The van der Waals surface area contributed by atoms with Crippen molar-refractivity contribution in [3.05, 3.63) is 178 Å². The smallest absolute Gasteiger partial charge is 0.407 e. The number of esters is 3. The molecule has 2 aliphatic carbocycles. The van der Waals surface area contributed by atoms with Gasteiger partial charge in [-0.3, -0.25) is 33.8 Å². The summed E-state index contributed by atoms with van der Waals surface area (Å²) in [7, 11) is 11.9. The van der Waals surface area contributed by atoms with Gasteiger partial charge in [0, 0.05) is 232 Å². The van der Waals surface area contributed by atoms with Crippen molar-refractivity contribution in [3.63, 3.8) is 0 Å². The van der Waals surface area contributed by atoms with E-state index in [9.17, 15) is 29.4 Å². The molecule has 5 aromatic carbocycles. The first-order chi connectivity index (χ1) is 63.4. The van der Waals surface area contributed by atoms with Crippen LogP contribution in [0.5, 0.6) is 23.0 Å². The number of para-hydroxylation sites is 1. The van der Waals surface area contributed by atoms with Crippen molar-refractivity contribution in [2.45, 2.75) is 164 Å². The van der Waals surface area contributed by atoms with Gasteiger partial charge in [-0.1, -0.05) is 113 Å². The summed E-state index contributed by atoms with van der Waals surface area (Å²) in [6.45, 7) is 14.3. The summed E-state index contributed by atoms with van der Waals surface area (Å²) < 4.78 is 212. The molecule has 5 N–H and O–H groups in total. The van der Waals surface area contributed by atoms with Gasteiger partial charge in [0.1, 0.15) is 65.0 Å². The van der Waals surface area contributed by atoms with Crippen molar-refractivity contribution >= 4 is 52.4 Å². The molecule has 1 aromatic heterocycles. The van der Waals surface area contributed by atoms with Gasteiger partial charge >= 0.3 is 30.1 Å². The molecule has 2 saturated heterocycles. The Bertz CT molecular complexity index is 4760. The van der Waals surface area contributed by atoms with Crippen molar-refractivity contribution in [1.29, 1.82) is 0 Å². The third kappa shape index (κ3) is 21.4. The number of hydrogen-bond acceptors (Lipinski definition) is 21. The second-order valence-corrected chi connectivity index (χ2v) is 32.2. The number of rotatable bonds is 19. The summed E-state index contributed by atoms with van der Waals surface area (Å²) in [4.78, 5) is 83.9. The van der Waals surface area contributed by atoms with E-state index in [1.54, 1.807) is 52.7 Å². The van der Waals surface area contributed by atoms with Crippen LogP contribution in [-0.2, 0) is 73.9 Å². The molecule has 4 fully saturated rings. The molecule has 9 heterocycles. The minimum atomic E-state index is -1.87. The topological polar surface area (TPSA) is 265 Å². The Hall–Kier alpha value is -11.1. The second kappa shape index (κ2) is 52.6. The fraction of sp³-hybridized carbons (Fsp3) is 0.511. The number of nitrogens with zero attached hydrogens (tertiary/aromatic N) is 5. The number of methoxy groups -OCH3 is 5. The van der Waals surface area contributed by atoms with Gasteiger partial charge in [0.25, 0.3) is 0 Å². The summed E-state index contributed by atoms with van der Waals surface area (Å²) >= 11 is 0. The summed E-state index contributed by atoms with van der Waals surface area (Å²) in [6, 6.07) is 31.6. The van der Waals surface area contributed by atoms with E-state index < -0.39 is 86.7 Å². The van der Waals surface area contributed by atoms with Crippen molar-refractivity contribution in [2.75, 3.05) is 118 Å². The van der Waals surface area contributed by atoms with Crippen LogP contribution in [0.15, 0.2) is 139 Å². The number of likely N-dealkylation sites (N-methyl/N-ethyl adjacent to an activating group) is 2. The highest BCUT2D eigenvalue weighted by atomic mass is 20.0. The van der Waals surface area contributed by atoms with E-state index in [4.69, 9.17) is 134 Å². The molecule has 746 valence electrons. The highest BCUT2D eigenvalue weighted by Crippen LogP contribution is 2.70. The van der Waals surface area contributed by atoms with Crippen LogP contribution in [-0.4, -0.2) is 216 Å². The molecule has 45 heteroatoms. The first-order valence-corrected chi connectivity index (χ1v) is 40.6. The number of hydrogen-bond donors (Lipinski definition) is 5. The number of amides is 2. The number of benzene rings is 5. The molecular formula is C88H111F21N8O16. The molecule has 1 unspecified atom stereocenters. The van der Waals surface area contributed by atoms with Crippen LogP contribution in [0.25, 0.3) is 10.9 Å². The van der Waals surface area contributed by atoms with Crippen LogP contribution < -0.4 is 39.4 Å². The number of halogens is 21. The van der Waals surface area contributed by atoms with Gasteiger partial charge < -0.3 is 78.3 Å². The molecule has 15 atom stereocenters. The molecule has 2 saturated carbocycles. The summed E-state index contributed by atoms with van der Waals surface area (Å²) in [5.74, 6) is 1.27. The maximum atomic E-state index is 15.5. The number of fused-ring (bicyclic) bond motifs is 7. The van der Waals surface area contributed by atoms with Crippen molar-refractivity contribution in [2.24, 2.45) is 16.7 Å². The quantitative estimate of drug-likeness (QED) is 0.0218. The zero-order chi connectivity index (χ0) is 98.3. The van der Waals surface area contributed by atoms with Crippen LogP contribution in [0.1, 0.15) is 120 Å². The number of ether oxygens (including phenoxy) is 9. The predicted octanol–water partition coefficient (Wildman–Crippen LogP) is 19.2. The Balaban J connectivity index is 0.000000606. The van der Waals surface area contributed by atoms with Gasteiger partial charge in [-0.25, -0.2) is 9.59 Å². The Morgan fingerprint density at radius 1 is 0.526 bits per heavy atom. The molecule has 24 nitrogen and oxygen atoms in total. The average molecular weight is 1940 g/mol. The minimum Gasteiger partial charge on any atom is -0.497 e. The first-order valence-electron chi connectivity index (χ1n) is 40.6. The van der Waals surface area contributed by atoms with Gasteiger partial charge in [0.2, 0.25) is 0 Å². The number of aliphatic hydroxyl groups is 2. The third-order valence-electron chi connectivity index (χ3n) is 27.0. The number of aromatic amines is 1. The van der Waals surface area contributed by atoms with E-state index in [0.29, 0.717) is 61.6 Å². The van der Waals surface area contributed by atoms with E-state index in [0.717, 1.165) is 114 Å². The number of anilines is 2. The zero-order valence-electron chi connectivity index (χ0n) is 73.8. The Kier molecular flexibility index (Phi) is 45.9. The molecule has 10 aliphatic rings. The lowest BCUT2D eigenvalue weighted by molar-refractivity contribution is -0.217. The summed E-state index contributed by atoms with van der Waals surface area (Å²) in [5, 5.41) is 33.9. The largest absolute Gasteiger partial charge is 0.497 e. The van der Waals surface area contributed by atoms with E-state index in [1.165, 1.54) is 26.5 Å². The van der Waals surface area contributed by atoms with Gasteiger partial charge in [-0.15, -0.1) is 0 Å². The number of carbonyl (C=O) groups excluding carboxylic acids is 5. The summed E-state index contributed by atoms with van der Waals surface area (Å²) in [6.07, 6.45) is 12.2. The van der Waals surface area contributed by atoms with Gasteiger partial charge in [-0.05, 0) is 134 Å². The maximum Gasteiger partial charge on any atom is 0.407 e. The van der Waals surface area contributed by atoms with Crippen molar-refractivity contribution in [3.8, 4) is 23.0 Å². The second-order valence-electron chi connectivity index (χ2n) is 32.2. The Morgan fingerprint density at radius 2 is 0.962 bits per heavy atom. The van der Waals surface area contributed by atoms with Crippen LogP contribution >= 0.6 is 0 Å².